The molecule has 508 valence electrons. The van der Waals surface area contributed by atoms with Crippen LogP contribution in [0.1, 0.15) is 284 Å². The zero-order valence-corrected chi connectivity index (χ0v) is 56.5. The van der Waals surface area contributed by atoms with Crippen LogP contribution in [0.4, 0.5) is 0 Å². The lowest BCUT2D eigenvalue weighted by Gasteiger charge is -2.41. The molecule has 0 bridgehead atoms. The SMILES string of the molecule is CC/C=C\C/C=C\C/C=C\C/C=C\C/C=C\C/C=C\CCCCCCCCCC(O)C(=O)NC(COC1OC(CO)C(O)C(O)C1OC(=O)CCCCCCC/C=C\C/C=C\C/C=C\C/C=C\CCCCC)C(O)/C=C/CCCCCCCCCCCCC. The molecule has 1 amide bonds. The van der Waals surface area contributed by atoms with Crippen LogP contribution in [0.2, 0.25) is 0 Å². The van der Waals surface area contributed by atoms with Gasteiger partial charge in [-0.15, -0.1) is 0 Å². The normalized spacial score (nSPS) is 18.9. The van der Waals surface area contributed by atoms with Crippen molar-refractivity contribution >= 4 is 11.9 Å². The average molecular weight is 1240 g/mol. The van der Waals surface area contributed by atoms with E-state index in [1.54, 1.807) is 6.08 Å². The van der Waals surface area contributed by atoms with Gasteiger partial charge in [0.2, 0.25) is 5.91 Å². The lowest BCUT2D eigenvalue weighted by atomic mass is 9.99. The maximum absolute atomic E-state index is 13.5. The lowest BCUT2D eigenvalue weighted by Crippen LogP contribution is -2.61. The van der Waals surface area contributed by atoms with Crippen molar-refractivity contribution in [1.29, 1.82) is 0 Å². The van der Waals surface area contributed by atoms with Crippen molar-refractivity contribution in [2.45, 2.75) is 333 Å². The first kappa shape index (κ1) is 82.8. The number of aliphatic hydroxyl groups is 5. The van der Waals surface area contributed by atoms with E-state index in [-0.39, 0.29) is 19.4 Å². The molecule has 0 aromatic heterocycles. The van der Waals surface area contributed by atoms with E-state index in [1.165, 1.54) is 83.5 Å². The quantitative estimate of drug-likeness (QED) is 0.0195. The number of esters is 1. The zero-order valence-electron chi connectivity index (χ0n) is 56.5. The lowest BCUT2D eigenvalue weighted by molar-refractivity contribution is -0.305. The van der Waals surface area contributed by atoms with Crippen LogP contribution in [0.25, 0.3) is 0 Å². The fourth-order valence-electron chi connectivity index (χ4n) is 10.4. The van der Waals surface area contributed by atoms with Gasteiger partial charge in [-0.2, -0.15) is 0 Å². The highest BCUT2D eigenvalue weighted by molar-refractivity contribution is 5.80. The van der Waals surface area contributed by atoms with E-state index in [9.17, 15) is 35.1 Å². The van der Waals surface area contributed by atoms with Crippen molar-refractivity contribution in [3.05, 3.63) is 134 Å². The minimum Gasteiger partial charge on any atom is -0.454 e. The molecule has 1 saturated heterocycles. The van der Waals surface area contributed by atoms with Crippen molar-refractivity contribution in [2.75, 3.05) is 13.2 Å². The van der Waals surface area contributed by atoms with Gasteiger partial charge in [-0.1, -0.05) is 289 Å². The molecule has 89 heavy (non-hydrogen) atoms. The molecule has 1 aliphatic heterocycles. The Bertz CT molecular complexity index is 1960. The molecule has 1 aliphatic rings. The molecule has 0 spiro atoms. The van der Waals surface area contributed by atoms with Crippen LogP contribution in [0, 0.1) is 0 Å². The van der Waals surface area contributed by atoms with E-state index in [1.807, 2.05) is 6.08 Å². The van der Waals surface area contributed by atoms with Crippen LogP contribution in [0.5, 0.6) is 0 Å². The average Bonchev–Trinajstić information content (AvgIpc) is 3.11. The van der Waals surface area contributed by atoms with Crippen molar-refractivity contribution < 1.29 is 49.3 Å². The summed E-state index contributed by atoms with van der Waals surface area (Å²) in [7, 11) is 0. The summed E-state index contributed by atoms with van der Waals surface area (Å²) in [6, 6.07) is -1.04. The molecule has 1 rings (SSSR count). The Labute approximate surface area is 543 Å². The molecule has 0 aliphatic carbocycles. The van der Waals surface area contributed by atoms with Gasteiger partial charge in [-0.05, 0) is 122 Å². The van der Waals surface area contributed by atoms with Gasteiger partial charge >= 0.3 is 5.97 Å². The molecule has 0 radical (unpaired) electrons. The largest absolute Gasteiger partial charge is 0.454 e. The molecular formula is C78H131NO10. The van der Waals surface area contributed by atoms with E-state index >= 15 is 0 Å². The molecule has 8 unspecified atom stereocenters. The van der Waals surface area contributed by atoms with Crippen molar-refractivity contribution in [3.8, 4) is 0 Å². The fraction of sp³-hybridized carbons (Fsp3) is 0.692. The molecule has 1 fully saturated rings. The first-order chi connectivity index (χ1) is 43.7. The van der Waals surface area contributed by atoms with Gasteiger partial charge in [0.05, 0.1) is 25.4 Å². The van der Waals surface area contributed by atoms with E-state index in [2.05, 4.69) is 148 Å². The highest BCUT2D eigenvalue weighted by Crippen LogP contribution is 2.26. The summed E-state index contributed by atoms with van der Waals surface area (Å²) in [5.74, 6) is -1.23. The summed E-state index contributed by atoms with van der Waals surface area (Å²) in [6.07, 6.45) is 80.4. The summed E-state index contributed by atoms with van der Waals surface area (Å²) in [6.45, 7) is 5.65. The number of ether oxygens (including phenoxy) is 3. The maximum atomic E-state index is 13.5. The predicted octanol–water partition coefficient (Wildman–Crippen LogP) is 18.7. The van der Waals surface area contributed by atoms with E-state index in [0.29, 0.717) is 12.8 Å². The Hall–Kier alpha value is -4.20. The van der Waals surface area contributed by atoms with Crippen LogP contribution in [-0.2, 0) is 23.8 Å². The molecule has 0 saturated carbocycles. The van der Waals surface area contributed by atoms with E-state index in [0.717, 1.165) is 154 Å². The molecule has 1 heterocycles. The Balaban J connectivity index is 2.62. The number of allylic oxidation sites excluding steroid dienone is 21. The van der Waals surface area contributed by atoms with Gasteiger partial charge < -0.3 is 45.1 Å². The summed E-state index contributed by atoms with van der Waals surface area (Å²) >= 11 is 0. The number of unbranched alkanes of at least 4 members (excludes halogenated alkanes) is 26. The third kappa shape index (κ3) is 51.1. The summed E-state index contributed by atoms with van der Waals surface area (Å²) in [5, 5.41) is 57.3. The number of amides is 1. The van der Waals surface area contributed by atoms with Crippen LogP contribution >= 0.6 is 0 Å². The number of hydrogen-bond acceptors (Lipinski definition) is 10. The minimum absolute atomic E-state index is 0.0948. The van der Waals surface area contributed by atoms with Crippen molar-refractivity contribution in [2.24, 2.45) is 0 Å². The van der Waals surface area contributed by atoms with Crippen molar-refractivity contribution in [1.82, 2.24) is 5.32 Å². The third-order valence-corrected chi connectivity index (χ3v) is 16.0. The van der Waals surface area contributed by atoms with Crippen LogP contribution < -0.4 is 5.32 Å². The molecule has 0 aromatic rings. The van der Waals surface area contributed by atoms with Gasteiger partial charge in [0, 0.05) is 6.42 Å². The number of hydrogen-bond donors (Lipinski definition) is 6. The van der Waals surface area contributed by atoms with Crippen molar-refractivity contribution in [3.63, 3.8) is 0 Å². The highest BCUT2D eigenvalue weighted by atomic mass is 16.7. The molecule has 11 nitrogen and oxygen atoms in total. The molecule has 8 atom stereocenters. The second-order valence-electron chi connectivity index (χ2n) is 24.2. The second-order valence-corrected chi connectivity index (χ2v) is 24.2. The number of carbonyl (C=O) groups is 2. The standard InChI is InChI=1S/C78H131NO10/c1-4-7-10-13-16-19-22-25-27-29-31-33-34-35-36-37-39-40-42-44-47-50-53-56-59-62-65-71(82)77(86)79-69(70(81)64-61-58-55-52-49-46-24-21-18-15-12-9-6-3)68-87-78-76(75(85)74(84)72(67-80)88-78)89-73(83)66-63-60-57-54-51-48-45-43-41-38-32-30-28-26-23-20-17-14-11-8-5-2/h7,10,16-17,19-20,25-28,31-33,35-36,38-40,43,45,61,64,69-72,74-76,78,80-82,84-85H,4-6,8-9,11-15,18,21-24,29-30,34,37,41-42,44,46-60,62-63,65-68H2,1-3H3,(H,79,86)/b10-7-,19-16-,20-17-,27-25-,28-26-,33-31-,36-35-,38-32-,40-39-,45-43-,64-61+. The van der Waals surface area contributed by atoms with Crippen LogP contribution in [0.15, 0.2) is 134 Å². The van der Waals surface area contributed by atoms with Gasteiger partial charge in [-0.3, -0.25) is 9.59 Å². The number of carbonyl (C=O) groups excluding carboxylic acids is 2. The molecule has 0 aromatic carbocycles. The monoisotopic (exact) mass is 1240 g/mol. The Morgan fingerprint density at radius 2 is 0.809 bits per heavy atom. The van der Waals surface area contributed by atoms with E-state index < -0.39 is 67.4 Å². The Kier molecular flexibility index (Phi) is 59.5. The van der Waals surface area contributed by atoms with Crippen LogP contribution in [-0.4, -0.2) is 99.6 Å². The molecule has 11 heteroatoms. The smallest absolute Gasteiger partial charge is 0.306 e. The molecular weight excluding hydrogens is 1110 g/mol. The van der Waals surface area contributed by atoms with Gasteiger partial charge in [0.25, 0.3) is 0 Å². The molecule has 6 N–H and O–H groups in total. The van der Waals surface area contributed by atoms with Gasteiger partial charge in [0.1, 0.15) is 24.4 Å². The summed E-state index contributed by atoms with van der Waals surface area (Å²) < 4.78 is 17.7. The number of rotatable bonds is 60. The zero-order chi connectivity index (χ0) is 64.6. The first-order valence-electron chi connectivity index (χ1n) is 36.0. The number of nitrogens with one attached hydrogen (secondary N) is 1. The summed E-state index contributed by atoms with van der Waals surface area (Å²) in [4.78, 5) is 26.7. The Morgan fingerprint density at radius 3 is 1.24 bits per heavy atom. The number of aliphatic hydroxyl groups excluding tert-OH is 5. The van der Waals surface area contributed by atoms with E-state index in [4.69, 9.17) is 14.2 Å². The second kappa shape index (κ2) is 63.9. The Morgan fingerprint density at radius 1 is 0.449 bits per heavy atom. The third-order valence-electron chi connectivity index (χ3n) is 16.0. The topological polar surface area (TPSA) is 175 Å². The minimum atomic E-state index is -1.63. The predicted molar refractivity (Wildman–Crippen MR) is 374 cm³/mol. The highest BCUT2D eigenvalue weighted by Gasteiger charge is 2.47. The summed E-state index contributed by atoms with van der Waals surface area (Å²) in [5.41, 5.74) is 0. The fourth-order valence-corrected chi connectivity index (χ4v) is 10.4. The first-order valence-corrected chi connectivity index (χ1v) is 36.0. The van der Waals surface area contributed by atoms with Crippen LogP contribution in [0.3, 0.4) is 0 Å². The van der Waals surface area contributed by atoms with Gasteiger partial charge in [0.15, 0.2) is 12.4 Å². The maximum Gasteiger partial charge on any atom is 0.306 e. The van der Waals surface area contributed by atoms with Gasteiger partial charge in [-0.25, -0.2) is 0 Å².